The maximum absolute atomic E-state index is 12.5. The van der Waals surface area contributed by atoms with Gasteiger partial charge in [-0.05, 0) is 57.8 Å². The average molecular weight is 294 g/mol. The molecule has 0 amide bonds. The Morgan fingerprint density at radius 2 is 1.40 bits per heavy atom. The van der Waals surface area contributed by atoms with Crippen molar-refractivity contribution in [1.29, 1.82) is 0 Å². The van der Waals surface area contributed by atoms with Crippen molar-refractivity contribution in [2.45, 2.75) is 44.4 Å². The van der Waals surface area contributed by atoms with Crippen LogP contribution in [0.15, 0.2) is 0 Å². The summed E-state index contributed by atoms with van der Waals surface area (Å²) < 4.78 is 37.4. The van der Waals surface area contributed by atoms with E-state index < -0.39 is 18.2 Å². The molecular weight excluding hydrogens is 269 g/mol. The highest BCUT2D eigenvalue weighted by molar-refractivity contribution is 4.81. The van der Waals surface area contributed by atoms with Crippen molar-refractivity contribution in [3.05, 3.63) is 0 Å². The van der Waals surface area contributed by atoms with Crippen LogP contribution >= 0.6 is 0 Å². The molecule has 0 saturated carbocycles. The number of halogens is 3. The highest BCUT2D eigenvalue weighted by atomic mass is 19.4. The molecule has 1 unspecified atom stereocenters. The van der Waals surface area contributed by atoms with Gasteiger partial charge in [-0.1, -0.05) is 6.42 Å². The first-order valence-electron chi connectivity index (χ1n) is 7.66. The molecule has 0 bridgehead atoms. The van der Waals surface area contributed by atoms with E-state index in [0.717, 1.165) is 26.2 Å². The van der Waals surface area contributed by atoms with E-state index in [9.17, 15) is 18.3 Å². The van der Waals surface area contributed by atoms with Gasteiger partial charge in [-0.15, -0.1) is 0 Å². The molecule has 0 spiro atoms. The van der Waals surface area contributed by atoms with E-state index >= 15 is 0 Å². The summed E-state index contributed by atoms with van der Waals surface area (Å²) in [5.74, 6) is -0.624. The highest BCUT2D eigenvalue weighted by Gasteiger charge is 2.44. The lowest BCUT2D eigenvalue weighted by molar-refractivity contribution is -0.223. The second kappa shape index (κ2) is 7.09. The Kier molecular flexibility index (Phi) is 5.69. The molecule has 20 heavy (non-hydrogen) atoms. The molecule has 2 aliphatic heterocycles. The van der Waals surface area contributed by atoms with Gasteiger partial charge in [0.25, 0.3) is 0 Å². The van der Waals surface area contributed by atoms with Gasteiger partial charge in [0.2, 0.25) is 0 Å². The second-order valence-corrected chi connectivity index (χ2v) is 6.07. The standard InChI is InChI=1S/C14H25F3N2O/c15-14(16,17)13(20)12-4-8-19(9-5-12)11-10-18-6-2-1-3-7-18/h12-13,20H,1-11H2. The first kappa shape index (κ1) is 16.0. The number of likely N-dealkylation sites (tertiary alicyclic amines) is 2. The molecule has 3 nitrogen and oxygen atoms in total. The summed E-state index contributed by atoms with van der Waals surface area (Å²) in [6.45, 7) is 5.62. The number of alkyl halides is 3. The van der Waals surface area contributed by atoms with Gasteiger partial charge in [-0.25, -0.2) is 0 Å². The van der Waals surface area contributed by atoms with E-state index in [1.54, 1.807) is 0 Å². The molecule has 0 aromatic heterocycles. The molecule has 1 atom stereocenters. The molecule has 0 radical (unpaired) electrons. The molecule has 1 N–H and O–H groups in total. The zero-order valence-electron chi connectivity index (χ0n) is 11.9. The molecule has 0 aliphatic carbocycles. The lowest BCUT2D eigenvalue weighted by Crippen LogP contribution is -2.45. The Morgan fingerprint density at radius 1 is 0.900 bits per heavy atom. The molecule has 2 aliphatic rings. The fourth-order valence-electron chi connectivity index (χ4n) is 3.23. The number of aliphatic hydroxyl groups excluding tert-OH is 1. The predicted molar refractivity (Wildman–Crippen MR) is 71.5 cm³/mol. The van der Waals surface area contributed by atoms with Crippen LogP contribution in [0.5, 0.6) is 0 Å². The van der Waals surface area contributed by atoms with E-state index in [-0.39, 0.29) is 0 Å². The minimum absolute atomic E-state index is 0.445. The summed E-state index contributed by atoms with van der Waals surface area (Å²) in [6, 6.07) is 0. The van der Waals surface area contributed by atoms with Crippen LogP contribution in [0.3, 0.4) is 0 Å². The summed E-state index contributed by atoms with van der Waals surface area (Å²) in [5, 5.41) is 9.28. The van der Waals surface area contributed by atoms with Crippen molar-refractivity contribution in [3.63, 3.8) is 0 Å². The van der Waals surface area contributed by atoms with Crippen LogP contribution in [0.1, 0.15) is 32.1 Å². The first-order valence-corrected chi connectivity index (χ1v) is 7.66. The molecule has 2 saturated heterocycles. The van der Waals surface area contributed by atoms with Gasteiger partial charge >= 0.3 is 6.18 Å². The summed E-state index contributed by atoms with van der Waals surface area (Å²) >= 11 is 0. The van der Waals surface area contributed by atoms with Crippen molar-refractivity contribution < 1.29 is 18.3 Å². The zero-order chi connectivity index (χ0) is 14.6. The molecule has 0 aromatic carbocycles. The van der Waals surface area contributed by atoms with Crippen LogP contribution in [0.25, 0.3) is 0 Å². The number of aliphatic hydroxyl groups is 1. The van der Waals surface area contributed by atoms with Gasteiger partial charge < -0.3 is 14.9 Å². The Labute approximate surface area is 118 Å². The highest BCUT2D eigenvalue weighted by Crippen LogP contribution is 2.31. The molecular formula is C14H25F3N2O. The van der Waals surface area contributed by atoms with Crippen LogP contribution < -0.4 is 0 Å². The first-order chi connectivity index (χ1) is 9.47. The maximum Gasteiger partial charge on any atom is 0.414 e. The van der Waals surface area contributed by atoms with Crippen molar-refractivity contribution in [3.8, 4) is 0 Å². The van der Waals surface area contributed by atoms with Crippen molar-refractivity contribution >= 4 is 0 Å². The van der Waals surface area contributed by atoms with E-state index in [2.05, 4.69) is 9.80 Å². The van der Waals surface area contributed by atoms with E-state index in [1.165, 1.54) is 19.3 Å². The number of hydrogen-bond donors (Lipinski definition) is 1. The quantitative estimate of drug-likeness (QED) is 0.860. The fourth-order valence-corrected chi connectivity index (χ4v) is 3.23. The molecule has 6 heteroatoms. The monoisotopic (exact) mass is 294 g/mol. The summed E-state index contributed by atoms with van der Waals surface area (Å²) in [7, 11) is 0. The van der Waals surface area contributed by atoms with E-state index in [1.807, 2.05) is 0 Å². The Bertz CT molecular complexity index is 285. The third kappa shape index (κ3) is 4.60. The van der Waals surface area contributed by atoms with Crippen LogP contribution in [-0.4, -0.2) is 66.5 Å². The Balaban J connectivity index is 1.66. The van der Waals surface area contributed by atoms with Gasteiger partial charge in [0.1, 0.15) is 0 Å². The zero-order valence-corrected chi connectivity index (χ0v) is 11.9. The topological polar surface area (TPSA) is 26.7 Å². The molecule has 2 fully saturated rings. The lowest BCUT2D eigenvalue weighted by atomic mass is 9.91. The van der Waals surface area contributed by atoms with Crippen molar-refractivity contribution in [1.82, 2.24) is 9.80 Å². The van der Waals surface area contributed by atoms with Crippen molar-refractivity contribution in [2.75, 3.05) is 39.3 Å². The number of hydrogen-bond acceptors (Lipinski definition) is 3. The van der Waals surface area contributed by atoms with Crippen LogP contribution in [0, 0.1) is 5.92 Å². The van der Waals surface area contributed by atoms with Crippen LogP contribution in [0.4, 0.5) is 13.2 Å². The van der Waals surface area contributed by atoms with Gasteiger partial charge in [0, 0.05) is 13.1 Å². The lowest BCUT2D eigenvalue weighted by Gasteiger charge is -2.36. The largest absolute Gasteiger partial charge is 0.414 e. The predicted octanol–water partition coefficient (Wildman–Crippen LogP) is 2.11. The smallest absolute Gasteiger partial charge is 0.383 e. The third-order valence-electron chi connectivity index (χ3n) is 4.60. The maximum atomic E-state index is 12.5. The summed E-state index contributed by atoms with van der Waals surface area (Å²) in [5.41, 5.74) is 0. The third-order valence-corrected chi connectivity index (χ3v) is 4.60. The van der Waals surface area contributed by atoms with Gasteiger partial charge in [0.15, 0.2) is 6.10 Å². The number of piperidine rings is 2. The minimum atomic E-state index is -4.47. The van der Waals surface area contributed by atoms with E-state index in [4.69, 9.17) is 0 Å². The van der Waals surface area contributed by atoms with Gasteiger partial charge in [0.05, 0.1) is 0 Å². The molecule has 0 aromatic rings. The summed E-state index contributed by atoms with van der Waals surface area (Å²) in [6.07, 6.45) is -1.88. The number of rotatable bonds is 4. The Morgan fingerprint density at radius 3 is 1.90 bits per heavy atom. The van der Waals surface area contributed by atoms with Crippen molar-refractivity contribution in [2.24, 2.45) is 5.92 Å². The minimum Gasteiger partial charge on any atom is -0.383 e. The van der Waals surface area contributed by atoms with Crippen LogP contribution in [-0.2, 0) is 0 Å². The van der Waals surface area contributed by atoms with Gasteiger partial charge in [-0.3, -0.25) is 0 Å². The van der Waals surface area contributed by atoms with E-state index in [0.29, 0.717) is 25.9 Å². The molecule has 2 heterocycles. The Hall–Kier alpha value is -0.330. The average Bonchev–Trinajstić information content (AvgIpc) is 2.45. The molecule has 118 valence electrons. The molecule has 2 rings (SSSR count). The second-order valence-electron chi connectivity index (χ2n) is 6.07. The normalized spacial score (nSPS) is 25.8. The SMILES string of the molecule is OC(C1CCN(CCN2CCCCC2)CC1)C(F)(F)F. The number of nitrogens with zero attached hydrogens (tertiary/aromatic N) is 2. The summed E-state index contributed by atoms with van der Waals surface area (Å²) in [4.78, 5) is 4.67. The van der Waals surface area contributed by atoms with Gasteiger partial charge in [-0.2, -0.15) is 13.2 Å². The fraction of sp³-hybridized carbons (Fsp3) is 1.00. The van der Waals surface area contributed by atoms with Crippen LogP contribution in [0.2, 0.25) is 0 Å².